The van der Waals surface area contributed by atoms with Crippen LogP contribution in [0.2, 0.25) is 0 Å². The molecule has 2 N–H and O–H groups in total. The number of rotatable bonds is 8. The number of fused-ring (bicyclic) bond motifs is 1. The van der Waals surface area contributed by atoms with Crippen molar-refractivity contribution in [2.45, 2.75) is 19.9 Å². The summed E-state index contributed by atoms with van der Waals surface area (Å²) in [6.45, 7) is 3.98. The average Bonchev–Trinajstić information content (AvgIpc) is 3.43. The Morgan fingerprint density at radius 2 is 2.03 bits per heavy atom. The minimum atomic E-state index is -0.155. The van der Waals surface area contributed by atoms with E-state index in [1.807, 2.05) is 49.4 Å². The number of benzene rings is 2. The Labute approximate surface area is 190 Å². The van der Waals surface area contributed by atoms with E-state index in [0.717, 1.165) is 45.4 Å². The fraction of sp³-hybridized carbons (Fsp3) is 0.304. The molecular formula is C23H26N4O4S. The van der Waals surface area contributed by atoms with E-state index in [2.05, 4.69) is 20.6 Å². The molecular weight excluding hydrogens is 428 g/mol. The number of urea groups is 1. The number of amides is 2. The molecule has 0 radical (unpaired) electrons. The number of hydrogen-bond acceptors (Lipinski definition) is 6. The Morgan fingerprint density at radius 3 is 2.88 bits per heavy atom. The van der Waals surface area contributed by atoms with Crippen LogP contribution in [0.15, 0.2) is 52.8 Å². The van der Waals surface area contributed by atoms with Crippen LogP contribution < -0.4 is 29.6 Å². The molecule has 0 spiro atoms. The summed E-state index contributed by atoms with van der Waals surface area (Å²) in [6.07, 6.45) is 0.754. The van der Waals surface area contributed by atoms with Crippen molar-refractivity contribution in [3.63, 3.8) is 0 Å². The third-order valence-corrected chi connectivity index (χ3v) is 5.81. The summed E-state index contributed by atoms with van der Waals surface area (Å²) in [4.78, 5) is 17.4. The van der Waals surface area contributed by atoms with Gasteiger partial charge in [0.25, 0.3) is 0 Å². The molecule has 1 aliphatic rings. The monoisotopic (exact) mass is 454 g/mol. The number of methoxy groups -OCH3 is 1. The molecule has 2 heterocycles. The Bertz CT molecular complexity index is 1150. The van der Waals surface area contributed by atoms with Crippen molar-refractivity contribution in [2.75, 3.05) is 27.0 Å². The van der Waals surface area contributed by atoms with Gasteiger partial charge in [0.1, 0.15) is 11.4 Å². The van der Waals surface area contributed by atoms with Crippen molar-refractivity contribution in [3.8, 4) is 28.5 Å². The first-order valence-electron chi connectivity index (χ1n) is 10.5. The highest BCUT2D eigenvalue weighted by atomic mass is 32.1. The van der Waals surface area contributed by atoms with Gasteiger partial charge >= 0.3 is 6.03 Å². The minimum absolute atomic E-state index is 0.155. The molecule has 32 heavy (non-hydrogen) atoms. The maximum absolute atomic E-state index is 11.7. The van der Waals surface area contributed by atoms with Crippen LogP contribution in [0, 0.1) is 0 Å². The lowest BCUT2D eigenvalue weighted by atomic mass is 10.1. The SMILES string of the molecule is CCNC(=O)NCCCn1c(-c2ccc3c(c2)OCO3)csc1=Nc1ccccc1OC. The smallest absolute Gasteiger partial charge is 0.314 e. The molecule has 8 nitrogen and oxygen atoms in total. The first kappa shape index (κ1) is 21.8. The van der Waals surface area contributed by atoms with Crippen molar-refractivity contribution in [2.24, 2.45) is 4.99 Å². The predicted molar refractivity (Wildman–Crippen MR) is 124 cm³/mol. The summed E-state index contributed by atoms with van der Waals surface area (Å²) in [5.74, 6) is 2.21. The second-order valence-corrected chi connectivity index (χ2v) is 7.88. The molecule has 0 saturated heterocycles. The summed E-state index contributed by atoms with van der Waals surface area (Å²) >= 11 is 1.56. The molecule has 1 aromatic heterocycles. The average molecular weight is 455 g/mol. The van der Waals surface area contributed by atoms with Gasteiger partial charge in [0.05, 0.1) is 12.8 Å². The number of carbonyl (C=O) groups is 1. The summed E-state index contributed by atoms with van der Waals surface area (Å²) in [7, 11) is 1.64. The van der Waals surface area contributed by atoms with E-state index >= 15 is 0 Å². The number of aromatic nitrogens is 1. The van der Waals surface area contributed by atoms with E-state index in [0.29, 0.717) is 19.6 Å². The lowest BCUT2D eigenvalue weighted by Crippen LogP contribution is -2.36. The second-order valence-electron chi connectivity index (χ2n) is 7.05. The topological polar surface area (TPSA) is 86.1 Å². The Balaban J connectivity index is 1.66. The molecule has 0 fully saturated rings. The molecule has 2 amide bonds. The van der Waals surface area contributed by atoms with Gasteiger partial charge in [0, 0.05) is 30.6 Å². The maximum Gasteiger partial charge on any atom is 0.314 e. The number of ether oxygens (including phenoxy) is 3. The second kappa shape index (κ2) is 10.2. The zero-order valence-electron chi connectivity index (χ0n) is 18.1. The quantitative estimate of drug-likeness (QED) is 0.506. The lowest BCUT2D eigenvalue weighted by Gasteiger charge is -2.11. The van der Waals surface area contributed by atoms with Crippen LogP contribution in [-0.2, 0) is 6.54 Å². The molecule has 0 bridgehead atoms. The fourth-order valence-electron chi connectivity index (χ4n) is 3.41. The van der Waals surface area contributed by atoms with Crippen LogP contribution in [0.1, 0.15) is 13.3 Å². The molecule has 0 saturated carbocycles. The van der Waals surface area contributed by atoms with Crippen LogP contribution in [0.5, 0.6) is 17.2 Å². The van der Waals surface area contributed by atoms with E-state index in [9.17, 15) is 4.79 Å². The van der Waals surface area contributed by atoms with Crippen LogP contribution in [0.3, 0.4) is 0 Å². The molecule has 9 heteroatoms. The predicted octanol–water partition coefficient (Wildman–Crippen LogP) is 3.90. The molecule has 0 unspecified atom stereocenters. The van der Waals surface area contributed by atoms with Crippen LogP contribution in [0.4, 0.5) is 10.5 Å². The van der Waals surface area contributed by atoms with E-state index < -0.39 is 0 Å². The highest BCUT2D eigenvalue weighted by molar-refractivity contribution is 7.07. The van der Waals surface area contributed by atoms with Crippen molar-refractivity contribution < 1.29 is 19.0 Å². The number of carbonyl (C=O) groups excluding carboxylic acids is 1. The van der Waals surface area contributed by atoms with E-state index in [1.165, 1.54) is 0 Å². The largest absolute Gasteiger partial charge is 0.494 e. The van der Waals surface area contributed by atoms with Crippen LogP contribution in [-0.4, -0.2) is 37.6 Å². The zero-order valence-corrected chi connectivity index (χ0v) is 18.9. The first-order chi connectivity index (χ1) is 15.7. The fourth-order valence-corrected chi connectivity index (χ4v) is 4.36. The van der Waals surface area contributed by atoms with Gasteiger partial charge in [-0.2, -0.15) is 0 Å². The van der Waals surface area contributed by atoms with Crippen LogP contribution in [0.25, 0.3) is 11.3 Å². The van der Waals surface area contributed by atoms with E-state index in [-0.39, 0.29) is 12.8 Å². The maximum atomic E-state index is 11.7. The normalized spacial score (nSPS) is 12.6. The molecule has 1 aliphatic heterocycles. The molecule has 4 rings (SSSR count). The Kier molecular flexibility index (Phi) is 6.96. The van der Waals surface area contributed by atoms with Crippen LogP contribution >= 0.6 is 11.3 Å². The number of thiazole rings is 1. The van der Waals surface area contributed by atoms with Gasteiger partial charge in [-0.05, 0) is 43.7 Å². The third-order valence-electron chi connectivity index (χ3n) is 4.95. The number of nitrogens with one attached hydrogen (secondary N) is 2. The summed E-state index contributed by atoms with van der Waals surface area (Å²) < 4.78 is 18.6. The third kappa shape index (κ3) is 4.88. The summed E-state index contributed by atoms with van der Waals surface area (Å²) in [5.41, 5.74) is 2.81. The van der Waals surface area contributed by atoms with E-state index in [4.69, 9.17) is 19.2 Å². The van der Waals surface area contributed by atoms with Gasteiger partial charge in [0.2, 0.25) is 6.79 Å². The summed E-state index contributed by atoms with van der Waals surface area (Å²) in [5, 5.41) is 7.71. The molecule has 2 aromatic carbocycles. The van der Waals surface area contributed by atoms with Gasteiger partial charge in [-0.25, -0.2) is 9.79 Å². The Hall–Kier alpha value is -3.46. The molecule has 3 aromatic rings. The van der Waals surface area contributed by atoms with Gasteiger partial charge in [-0.3, -0.25) is 0 Å². The van der Waals surface area contributed by atoms with Crippen molar-refractivity contribution >= 4 is 23.1 Å². The van der Waals surface area contributed by atoms with Crippen molar-refractivity contribution in [3.05, 3.63) is 52.6 Å². The number of para-hydroxylation sites is 2. The van der Waals surface area contributed by atoms with E-state index in [1.54, 1.807) is 18.4 Å². The number of hydrogen-bond donors (Lipinski definition) is 2. The number of nitrogens with zero attached hydrogens (tertiary/aromatic N) is 2. The highest BCUT2D eigenvalue weighted by Gasteiger charge is 2.16. The van der Waals surface area contributed by atoms with Gasteiger partial charge in [0.15, 0.2) is 16.3 Å². The molecule has 0 atom stereocenters. The Morgan fingerprint density at radius 1 is 1.19 bits per heavy atom. The van der Waals surface area contributed by atoms with Crippen molar-refractivity contribution in [1.29, 1.82) is 0 Å². The highest BCUT2D eigenvalue weighted by Crippen LogP contribution is 2.36. The zero-order chi connectivity index (χ0) is 22.3. The molecule has 168 valence electrons. The van der Waals surface area contributed by atoms with Gasteiger partial charge < -0.3 is 29.4 Å². The molecule has 0 aliphatic carbocycles. The van der Waals surface area contributed by atoms with Gasteiger partial charge in [-0.15, -0.1) is 11.3 Å². The van der Waals surface area contributed by atoms with Crippen molar-refractivity contribution in [1.82, 2.24) is 15.2 Å². The minimum Gasteiger partial charge on any atom is -0.494 e. The summed E-state index contributed by atoms with van der Waals surface area (Å²) in [6, 6.07) is 13.5. The van der Waals surface area contributed by atoms with Gasteiger partial charge in [-0.1, -0.05) is 12.1 Å². The first-order valence-corrected chi connectivity index (χ1v) is 11.4. The lowest BCUT2D eigenvalue weighted by molar-refractivity contribution is 0.174. The standard InChI is InChI=1S/C23H26N4O4S/c1-3-24-22(28)25-11-6-12-27-18(16-9-10-20-21(13-16)31-15-30-20)14-32-23(27)26-17-7-4-5-8-19(17)29-2/h4-5,7-10,13-14H,3,6,11-12,15H2,1-2H3,(H2,24,25,28).